The number of hydrogen-bond donors (Lipinski definition) is 0. The molecule has 0 atom stereocenters. The first-order valence-electron chi connectivity index (χ1n) is 4.38. The van der Waals surface area contributed by atoms with Crippen molar-refractivity contribution in [3.63, 3.8) is 0 Å². The Bertz CT molecular complexity index is 568. The standard InChI is InChI=1S/C10H4BrCl2FN2O/c11-6-3-5(1-2-7(6)14)17-8-4-9(12)15-16-10(8)13/h1-4H. The predicted octanol–water partition coefficient (Wildman–Crippen LogP) is 4.48. The zero-order chi connectivity index (χ0) is 12.4. The molecule has 0 bridgehead atoms. The van der Waals surface area contributed by atoms with Gasteiger partial charge in [-0.3, -0.25) is 0 Å². The Kier molecular flexibility index (Phi) is 3.81. The molecule has 2 aromatic rings. The summed E-state index contributed by atoms with van der Waals surface area (Å²) in [7, 11) is 0. The third-order valence-electron chi connectivity index (χ3n) is 1.81. The Labute approximate surface area is 115 Å². The lowest BCUT2D eigenvalue weighted by molar-refractivity contribution is 0.476. The van der Waals surface area contributed by atoms with Crippen LogP contribution in [0.5, 0.6) is 11.5 Å². The van der Waals surface area contributed by atoms with Crippen molar-refractivity contribution in [2.75, 3.05) is 0 Å². The highest BCUT2D eigenvalue weighted by Crippen LogP contribution is 2.30. The number of hydrogen-bond acceptors (Lipinski definition) is 3. The monoisotopic (exact) mass is 336 g/mol. The maximum absolute atomic E-state index is 13.0. The normalized spacial score (nSPS) is 10.4. The number of nitrogens with zero attached hydrogens (tertiary/aromatic N) is 2. The van der Waals surface area contributed by atoms with Crippen molar-refractivity contribution in [3.8, 4) is 11.5 Å². The Balaban J connectivity index is 2.31. The second-order valence-corrected chi connectivity index (χ2v) is 4.60. The Morgan fingerprint density at radius 3 is 2.65 bits per heavy atom. The molecule has 0 radical (unpaired) electrons. The molecule has 0 N–H and O–H groups in total. The lowest BCUT2D eigenvalue weighted by Crippen LogP contribution is -1.91. The number of halogens is 4. The molecule has 0 saturated heterocycles. The fourth-order valence-corrected chi connectivity index (χ4v) is 1.70. The highest BCUT2D eigenvalue weighted by Gasteiger charge is 2.08. The van der Waals surface area contributed by atoms with E-state index in [-0.39, 0.29) is 21.9 Å². The molecular weight excluding hydrogens is 334 g/mol. The van der Waals surface area contributed by atoms with E-state index in [1.165, 1.54) is 24.3 Å². The maximum Gasteiger partial charge on any atom is 0.194 e. The van der Waals surface area contributed by atoms with E-state index < -0.39 is 0 Å². The van der Waals surface area contributed by atoms with Crippen LogP contribution in [0.25, 0.3) is 0 Å². The lowest BCUT2D eigenvalue weighted by Gasteiger charge is -2.07. The SMILES string of the molecule is Fc1ccc(Oc2cc(Cl)nnc2Cl)cc1Br. The molecule has 1 aromatic heterocycles. The minimum absolute atomic E-state index is 0.0786. The molecule has 7 heteroatoms. The van der Waals surface area contributed by atoms with Gasteiger partial charge in [0.2, 0.25) is 0 Å². The summed E-state index contributed by atoms with van der Waals surface area (Å²) >= 11 is 14.5. The first-order valence-corrected chi connectivity index (χ1v) is 5.93. The van der Waals surface area contributed by atoms with Crippen LogP contribution >= 0.6 is 39.1 Å². The van der Waals surface area contributed by atoms with Crippen molar-refractivity contribution in [2.24, 2.45) is 0 Å². The fraction of sp³-hybridized carbons (Fsp3) is 0. The predicted molar refractivity (Wildman–Crippen MR) is 66.2 cm³/mol. The Morgan fingerprint density at radius 2 is 1.94 bits per heavy atom. The number of benzene rings is 1. The van der Waals surface area contributed by atoms with E-state index in [9.17, 15) is 4.39 Å². The molecule has 3 nitrogen and oxygen atoms in total. The molecule has 0 amide bonds. The number of aromatic nitrogens is 2. The van der Waals surface area contributed by atoms with Gasteiger partial charge in [0.15, 0.2) is 16.1 Å². The van der Waals surface area contributed by atoms with E-state index in [0.717, 1.165) is 0 Å². The largest absolute Gasteiger partial charge is 0.454 e. The topological polar surface area (TPSA) is 35.0 Å². The van der Waals surface area contributed by atoms with Crippen LogP contribution in [-0.2, 0) is 0 Å². The quantitative estimate of drug-likeness (QED) is 0.810. The summed E-state index contributed by atoms with van der Waals surface area (Å²) in [6, 6.07) is 5.63. The molecule has 17 heavy (non-hydrogen) atoms. The molecule has 88 valence electrons. The first kappa shape index (κ1) is 12.5. The van der Waals surface area contributed by atoms with Gasteiger partial charge in [-0.2, -0.15) is 0 Å². The maximum atomic E-state index is 13.0. The molecule has 1 aromatic carbocycles. The molecule has 0 aliphatic carbocycles. The number of ether oxygens (including phenoxy) is 1. The van der Waals surface area contributed by atoms with Crippen LogP contribution in [0.4, 0.5) is 4.39 Å². The van der Waals surface area contributed by atoms with Gasteiger partial charge in [0.05, 0.1) is 4.47 Å². The summed E-state index contributed by atoms with van der Waals surface area (Å²) in [5, 5.41) is 7.37. The number of rotatable bonds is 2. The van der Waals surface area contributed by atoms with E-state index in [1.54, 1.807) is 0 Å². The van der Waals surface area contributed by atoms with Gasteiger partial charge >= 0.3 is 0 Å². The van der Waals surface area contributed by atoms with Gasteiger partial charge in [-0.15, -0.1) is 10.2 Å². The van der Waals surface area contributed by atoms with Crippen LogP contribution in [0.2, 0.25) is 10.3 Å². The first-order chi connectivity index (χ1) is 8.06. The van der Waals surface area contributed by atoms with Crippen LogP contribution in [-0.4, -0.2) is 10.2 Å². The van der Waals surface area contributed by atoms with Crippen LogP contribution in [0, 0.1) is 5.82 Å². The van der Waals surface area contributed by atoms with E-state index in [4.69, 9.17) is 27.9 Å². The average Bonchev–Trinajstić information content (AvgIpc) is 2.29. The third kappa shape index (κ3) is 3.06. The zero-order valence-corrected chi connectivity index (χ0v) is 11.2. The second-order valence-electron chi connectivity index (χ2n) is 3.00. The Morgan fingerprint density at radius 1 is 1.18 bits per heavy atom. The van der Waals surface area contributed by atoms with Crippen molar-refractivity contribution in [1.29, 1.82) is 0 Å². The summed E-state index contributed by atoms with van der Waals surface area (Å²) in [6.45, 7) is 0. The minimum atomic E-state index is -0.380. The van der Waals surface area contributed by atoms with Crippen LogP contribution in [0.1, 0.15) is 0 Å². The highest BCUT2D eigenvalue weighted by molar-refractivity contribution is 9.10. The van der Waals surface area contributed by atoms with E-state index >= 15 is 0 Å². The van der Waals surface area contributed by atoms with Gasteiger partial charge in [-0.05, 0) is 34.1 Å². The molecule has 0 aliphatic rings. The smallest absolute Gasteiger partial charge is 0.194 e. The zero-order valence-electron chi connectivity index (χ0n) is 8.12. The van der Waals surface area contributed by atoms with E-state index in [1.807, 2.05) is 0 Å². The summed E-state index contributed by atoms with van der Waals surface area (Å²) in [5.74, 6) is 0.281. The van der Waals surface area contributed by atoms with Gasteiger partial charge in [0.25, 0.3) is 0 Å². The summed E-state index contributed by atoms with van der Waals surface area (Å²) in [6.07, 6.45) is 0. The van der Waals surface area contributed by atoms with Crippen molar-refractivity contribution in [3.05, 3.63) is 44.9 Å². The van der Waals surface area contributed by atoms with Crippen LogP contribution in [0.15, 0.2) is 28.7 Å². The molecule has 1 heterocycles. The third-order valence-corrected chi connectivity index (χ3v) is 2.86. The fourth-order valence-electron chi connectivity index (χ4n) is 1.08. The van der Waals surface area contributed by atoms with Crippen LogP contribution in [0.3, 0.4) is 0 Å². The van der Waals surface area contributed by atoms with E-state index in [0.29, 0.717) is 10.2 Å². The molecule has 0 saturated carbocycles. The lowest BCUT2D eigenvalue weighted by atomic mass is 10.3. The summed E-state index contributed by atoms with van der Waals surface area (Å²) < 4.78 is 18.7. The molecule has 0 fully saturated rings. The second kappa shape index (κ2) is 5.16. The molecule has 0 unspecified atom stereocenters. The molecule has 0 aliphatic heterocycles. The molecular formula is C10H4BrCl2FN2O. The summed E-state index contributed by atoms with van der Waals surface area (Å²) in [5.41, 5.74) is 0. The van der Waals surface area contributed by atoms with Crippen molar-refractivity contribution < 1.29 is 9.13 Å². The summed E-state index contributed by atoms with van der Waals surface area (Å²) in [4.78, 5) is 0. The molecule has 0 spiro atoms. The van der Waals surface area contributed by atoms with Gasteiger partial charge < -0.3 is 4.74 Å². The molecule has 2 rings (SSSR count). The average molecular weight is 338 g/mol. The Hall–Kier alpha value is -0.910. The van der Waals surface area contributed by atoms with Gasteiger partial charge in [-0.25, -0.2) is 4.39 Å². The van der Waals surface area contributed by atoms with E-state index in [2.05, 4.69) is 26.1 Å². The van der Waals surface area contributed by atoms with Crippen molar-refractivity contribution in [2.45, 2.75) is 0 Å². The van der Waals surface area contributed by atoms with Crippen molar-refractivity contribution in [1.82, 2.24) is 10.2 Å². The van der Waals surface area contributed by atoms with Crippen LogP contribution < -0.4 is 4.74 Å². The van der Waals surface area contributed by atoms with Gasteiger partial charge in [0, 0.05) is 6.07 Å². The van der Waals surface area contributed by atoms with Crippen molar-refractivity contribution >= 4 is 39.1 Å². The minimum Gasteiger partial charge on any atom is -0.454 e. The highest BCUT2D eigenvalue weighted by atomic mass is 79.9. The van der Waals surface area contributed by atoms with Gasteiger partial charge in [0.1, 0.15) is 11.6 Å². The van der Waals surface area contributed by atoms with Gasteiger partial charge in [-0.1, -0.05) is 23.2 Å².